The Morgan fingerprint density at radius 3 is 2.62 bits per heavy atom. The summed E-state index contributed by atoms with van der Waals surface area (Å²) in [6.45, 7) is 0.542. The maximum absolute atomic E-state index is 10.7. The summed E-state index contributed by atoms with van der Waals surface area (Å²) in [6.07, 6.45) is 4.55. The number of methoxy groups -OCH3 is 1. The Balaban J connectivity index is 3.28. The van der Waals surface area contributed by atoms with Crippen molar-refractivity contribution in [2.75, 3.05) is 13.7 Å². The van der Waals surface area contributed by atoms with Crippen LogP contribution in [0.1, 0.15) is 38.5 Å². The highest BCUT2D eigenvalue weighted by atomic mass is 16.5. The molecule has 16 heavy (non-hydrogen) atoms. The molecule has 0 spiro atoms. The Morgan fingerprint density at radius 2 is 2.00 bits per heavy atom. The lowest BCUT2D eigenvalue weighted by atomic mass is 10.2. The van der Waals surface area contributed by atoms with Crippen LogP contribution in [0, 0.1) is 11.8 Å². The van der Waals surface area contributed by atoms with Gasteiger partial charge in [-0.05, 0) is 24.8 Å². The fraction of sp³-hybridized carbons (Fsp3) is 0.727. The van der Waals surface area contributed by atoms with E-state index >= 15 is 0 Å². The van der Waals surface area contributed by atoms with Gasteiger partial charge in [0.1, 0.15) is 0 Å². The zero-order valence-electron chi connectivity index (χ0n) is 9.61. The zero-order chi connectivity index (χ0) is 12.1. The summed E-state index contributed by atoms with van der Waals surface area (Å²) in [6, 6.07) is 0. The summed E-state index contributed by atoms with van der Waals surface area (Å²) in [5.74, 6) is 5.83. The molecule has 0 N–H and O–H groups in total. The first-order valence-corrected chi connectivity index (χ1v) is 5.34. The summed E-state index contributed by atoms with van der Waals surface area (Å²) in [7, 11) is 1.39. The molecule has 0 bridgehead atoms. The van der Waals surface area contributed by atoms with E-state index in [2.05, 4.69) is 26.6 Å². The largest absolute Gasteiger partial charge is 0.469 e. The molecule has 0 aliphatic carbocycles. The number of azide groups is 1. The van der Waals surface area contributed by atoms with E-state index in [1.807, 2.05) is 0 Å². The van der Waals surface area contributed by atoms with Gasteiger partial charge in [-0.25, -0.2) is 0 Å². The first-order valence-electron chi connectivity index (χ1n) is 5.34. The minimum Gasteiger partial charge on any atom is -0.469 e. The highest BCUT2D eigenvalue weighted by Crippen LogP contribution is 1.97. The second kappa shape index (κ2) is 11.4. The molecule has 0 aliphatic heterocycles. The van der Waals surface area contributed by atoms with Crippen LogP contribution in [-0.2, 0) is 9.53 Å². The van der Waals surface area contributed by atoms with E-state index < -0.39 is 0 Å². The van der Waals surface area contributed by atoms with Gasteiger partial charge in [-0.2, -0.15) is 0 Å². The maximum atomic E-state index is 10.7. The van der Waals surface area contributed by atoms with Crippen LogP contribution in [0.5, 0.6) is 0 Å². The van der Waals surface area contributed by atoms with Crippen molar-refractivity contribution in [3.8, 4) is 11.8 Å². The van der Waals surface area contributed by atoms with Crippen molar-refractivity contribution in [3.63, 3.8) is 0 Å². The van der Waals surface area contributed by atoms with Gasteiger partial charge in [0.05, 0.1) is 7.11 Å². The smallest absolute Gasteiger partial charge is 0.305 e. The highest BCUT2D eigenvalue weighted by molar-refractivity contribution is 5.69. The van der Waals surface area contributed by atoms with E-state index in [0.717, 1.165) is 32.1 Å². The molecule has 0 saturated carbocycles. The summed E-state index contributed by atoms with van der Waals surface area (Å²) in [5.41, 5.74) is 8.02. The predicted molar refractivity (Wildman–Crippen MR) is 61.5 cm³/mol. The molecule has 0 fully saturated rings. The molecule has 0 unspecified atom stereocenters. The molecule has 0 radical (unpaired) electrons. The second-order valence-electron chi connectivity index (χ2n) is 3.19. The van der Waals surface area contributed by atoms with Gasteiger partial charge in [0, 0.05) is 30.7 Å². The number of carbonyl (C=O) groups excluding carboxylic acids is 1. The minimum atomic E-state index is -0.184. The number of hydrogen-bond donors (Lipinski definition) is 0. The number of hydrogen-bond acceptors (Lipinski definition) is 3. The molecule has 5 heteroatoms. The van der Waals surface area contributed by atoms with Gasteiger partial charge in [-0.3, -0.25) is 4.79 Å². The zero-order valence-corrected chi connectivity index (χ0v) is 9.61. The van der Waals surface area contributed by atoms with Crippen LogP contribution < -0.4 is 0 Å². The summed E-state index contributed by atoms with van der Waals surface area (Å²) >= 11 is 0. The third kappa shape index (κ3) is 10.4. The molecular formula is C11H17N3O2. The molecule has 0 rings (SSSR count). The average Bonchev–Trinajstić information content (AvgIpc) is 2.31. The Bertz CT molecular complexity index is 298. The van der Waals surface area contributed by atoms with Gasteiger partial charge in [0.15, 0.2) is 0 Å². The topological polar surface area (TPSA) is 75.1 Å². The molecule has 0 aromatic rings. The van der Waals surface area contributed by atoms with Crippen LogP contribution in [0.15, 0.2) is 5.11 Å². The Morgan fingerprint density at radius 1 is 1.31 bits per heavy atom. The molecule has 0 aromatic carbocycles. The Hall–Kier alpha value is -1.66. The van der Waals surface area contributed by atoms with Crippen molar-refractivity contribution in [2.24, 2.45) is 5.11 Å². The van der Waals surface area contributed by atoms with E-state index in [1.54, 1.807) is 0 Å². The van der Waals surface area contributed by atoms with E-state index in [1.165, 1.54) is 7.11 Å². The van der Waals surface area contributed by atoms with Gasteiger partial charge in [-0.1, -0.05) is 5.11 Å². The van der Waals surface area contributed by atoms with Gasteiger partial charge in [0.25, 0.3) is 0 Å². The van der Waals surface area contributed by atoms with Gasteiger partial charge in [-0.15, -0.1) is 11.8 Å². The number of nitrogens with zero attached hydrogens (tertiary/aromatic N) is 3. The highest BCUT2D eigenvalue weighted by Gasteiger charge is 1.96. The van der Waals surface area contributed by atoms with Crippen molar-refractivity contribution in [3.05, 3.63) is 10.4 Å². The standard InChI is InChI=1S/C11H17N3O2/c1-16-11(15)9-7-5-3-2-4-6-8-10-13-14-12/h4-10H2,1H3. The summed E-state index contributed by atoms with van der Waals surface area (Å²) < 4.78 is 4.51. The van der Waals surface area contributed by atoms with E-state index in [0.29, 0.717) is 13.0 Å². The number of unbranched alkanes of at least 4 members (excludes halogenated alkanes) is 3. The number of rotatable bonds is 7. The molecule has 0 aromatic heterocycles. The lowest BCUT2D eigenvalue weighted by Gasteiger charge is -1.94. The number of esters is 1. The van der Waals surface area contributed by atoms with Crippen molar-refractivity contribution < 1.29 is 9.53 Å². The molecule has 5 nitrogen and oxygen atoms in total. The van der Waals surface area contributed by atoms with Crippen molar-refractivity contribution >= 4 is 5.97 Å². The van der Waals surface area contributed by atoms with E-state index in [-0.39, 0.29) is 5.97 Å². The van der Waals surface area contributed by atoms with Crippen LogP contribution in [0.25, 0.3) is 10.4 Å². The first kappa shape index (κ1) is 14.3. The van der Waals surface area contributed by atoms with Crippen LogP contribution in [0.4, 0.5) is 0 Å². The molecular weight excluding hydrogens is 206 g/mol. The number of ether oxygens (including phenoxy) is 1. The Kier molecular flexibility index (Phi) is 10.2. The number of carbonyl (C=O) groups is 1. The normalized spacial score (nSPS) is 8.56. The molecule has 0 heterocycles. The lowest BCUT2D eigenvalue weighted by Crippen LogP contribution is -1.98. The Labute approximate surface area is 95.8 Å². The van der Waals surface area contributed by atoms with Gasteiger partial charge < -0.3 is 4.74 Å². The van der Waals surface area contributed by atoms with Crippen molar-refractivity contribution in [1.29, 1.82) is 0 Å². The third-order valence-electron chi connectivity index (χ3n) is 1.91. The van der Waals surface area contributed by atoms with Crippen LogP contribution in [-0.4, -0.2) is 19.6 Å². The SMILES string of the molecule is COC(=O)CCCC#CCCCCN=[N+]=[N-]. The van der Waals surface area contributed by atoms with Crippen molar-refractivity contribution in [2.45, 2.75) is 38.5 Å². The average molecular weight is 223 g/mol. The van der Waals surface area contributed by atoms with Crippen molar-refractivity contribution in [1.82, 2.24) is 0 Å². The molecule has 88 valence electrons. The van der Waals surface area contributed by atoms with Crippen LogP contribution in [0.2, 0.25) is 0 Å². The minimum absolute atomic E-state index is 0.184. The quantitative estimate of drug-likeness (QED) is 0.166. The summed E-state index contributed by atoms with van der Waals surface area (Å²) in [4.78, 5) is 13.4. The van der Waals surface area contributed by atoms with E-state index in [4.69, 9.17) is 5.53 Å². The van der Waals surface area contributed by atoms with E-state index in [9.17, 15) is 4.79 Å². The fourth-order valence-electron chi connectivity index (χ4n) is 1.04. The lowest BCUT2D eigenvalue weighted by molar-refractivity contribution is -0.140. The monoisotopic (exact) mass is 223 g/mol. The maximum Gasteiger partial charge on any atom is 0.305 e. The molecule has 0 saturated heterocycles. The molecule has 0 aliphatic rings. The summed E-state index contributed by atoms with van der Waals surface area (Å²) in [5, 5.41) is 3.43. The van der Waals surface area contributed by atoms with Gasteiger partial charge in [0.2, 0.25) is 0 Å². The van der Waals surface area contributed by atoms with Crippen LogP contribution >= 0.6 is 0 Å². The predicted octanol–water partition coefficient (Wildman–Crippen LogP) is 2.81. The molecule has 0 atom stereocenters. The van der Waals surface area contributed by atoms with Crippen LogP contribution in [0.3, 0.4) is 0 Å². The van der Waals surface area contributed by atoms with Gasteiger partial charge >= 0.3 is 5.97 Å². The fourth-order valence-corrected chi connectivity index (χ4v) is 1.04. The first-order chi connectivity index (χ1) is 7.81. The third-order valence-corrected chi connectivity index (χ3v) is 1.91. The second-order valence-corrected chi connectivity index (χ2v) is 3.19. The molecule has 0 amide bonds.